The van der Waals surface area contributed by atoms with E-state index in [1.165, 1.54) is 11.3 Å². The summed E-state index contributed by atoms with van der Waals surface area (Å²) in [5, 5.41) is 1.90. The topological polar surface area (TPSA) is 43.1 Å². The number of thiophene rings is 1. The van der Waals surface area contributed by atoms with Crippen LogP contribution >= 0.6 is 27.3 Å². The normalized spacial score (nSPS) is 13.9. The predicted molar refractivity (Wildman–Crippen MR) is 68.4 cm³/mol. The number of nitrogens with two attached hydrogens (primary N) is 1. The number of Topliss-reactive ketones (excluding diaryl/α,β-unsaturated/α-hetero) is 1. The van der Waals surface area contributed by atoms with Crippen LogP contribution in [0.15, 0.2) is 15.9 Å². The average molecular weight is 290 g/mol. The maximum absolute atomic E-state index is 11.9. The van der Waals surface area contributed by atoms with E-state index in [-0.39, 0.29) is 17.2 Å². The molecule has 84 valence electrons. The number of carbonyl (C=O) groups is 1. The third kappa shape index (κ3) is 3.40. The molecule has 2 nitrogen and oxygen atoms in total. The van der Waals surface area contributed by atoms with Crippen molar-refractivity contribution in [2.75, 3.05) is 0 Å². The SMILES string of the molecule is CC(C)(C)C(N)CC(=O)c1sccc1Br. The molecule has 1 heterocycles. The molecule has 0 saturated heterocycles. The minimum Gasteiger partial charge on any atom is -0.327 e. The van der Waals surface area contributed by atoms with Crippen LogP contribution in [0.4, 0.5) is 0 Å². The summed E-state index contributed by atoms with van der Waals surface area (Å²) < 4.78 is 0.874. The Bertz CT molecular complexity index is 354. The quantitative estimate of drug-likeness (QED) is 0.866. The fraction of sp³-hybridized carbons (Fsp3) is 0.545. The Labute approximate surface area is 103 Å². The van der Waals surface area contributed by atoms with E-state index in [0.29, 0.717) is 6.42 Å². The molecular formula is C11H16BrNOS. The lowest BCUT2D eigenvalue weighted by Crippen LogP contribution is -2.36. The molecule has 0 aromatic carbocycles. The van der Waals surface area contributed by atoms with Crippen LogP contribution in [-0.2, 0) is 0 Å². The highest BCUT2D eigenvalue weighted by Crippen LogP contribution is 2.27. The molecule has 0 bridgehead atoms. The van der Waals surface area contributed by atoms with Crippen molar-refractivity contribution in [3.05, 3.63) is 20.8 Å². The van der Waals surface area contributed by atoms with Crippen molar-refractivity contribution in [1.82, 2.24) is 0 Å². The van der Waals surface area contributed by atoms with Gasteiger partial charge in [0.25, 0.3) is 0 Å². The van der Waals surface area contributed by atoms with E-state index < -0.39 is 0 Å². The summed E-state index contributed by atoms with van der Waals surface area (Å²) >= 11 is 4.81. The smallest absolute Gasteiger partial charge is 0.175 e. The summed E-state index contributed by atoms with van der Waals surface area (Å²) in [5.74, 6) is 0.124. The Morgan fingerprint density at radius 2 is 2.20 bits per heavy atom. The van der Waals surface area contributed by atoms with Gasteiger partial charge in [0, 0.05) is 16.9 Å². The van der Waals surface area contributed by atoms with Crippen molar-refractivity contribution >= 4 is 33.0 Å². The first kappa shape index (κ1) is 12.9. The molecule has 0 fully saturated rings. The monoisotopic (exact) mass is 289 g/mol. The van der Waals surface area contributed by atoms with Crippen LogP contribution < -0.4 is 5.73 Å². The number of hydrogen-bond acceptors (Lipinski definition) is 3. The van der Waals surface area contributed by atoms with E-state index in [0.717, 1.165) is 9.35 Å². The molecule has 0 aliphatic heterocycles. The second-order valence-electron chi connectivity index (χ2n) is 4.70. The Balaban J connectivity index is 2.69. The molecule has 0 aliphatic rings. The maximum atomic E-state index is 11.9. The summed E-state index contributed by atoms with van der Waals surface area (Å²) in [7, 11) is 0. The summed E-state index contributed by atoms with van der Waals surface area (Å²) in [6.07, 6.45) is 0.405. The van der Waals surface area contributed by atoms with Crippen molar-refractivity contribution in [3.8, 4) is 0 Å². The summed E-state index contributed by atoms with van der Waals surface area (Å²) in [4.78, 5) is 12.7. The largest absolute Gasteiger partial charge is 0.327 e. The molecule has 0 amide bonds. The van der Waals surface area contributed by atoms with Gasteiger partial charge in [0.15, 0.2) is 5.78 Å². The summed E-state index contributed by atoms with van der Waals surface area (Å²) in [5.41, 5.74) is 5.95. The second kappa shape index (κ2) is 4.76. The molecule has 4 heteroatoms. The number of ketones is 1. The highest BCUT2D eigenvalue weighted by Gasteiger charge is 2.24. The van der Waals surface area contributed by atoms with Crippen molar-refractivity contribution in [2.45, 2.75) is 33.2 Å². The molecule has 1 unspecified atom stereocenters. The van der Waals surface area contributed by atoms with Crippen LogP contribution in [-0.4, -0.2) is 11.8 Å². The minimum absolute atomic E-state index is 0.0284. The van der Waals surface area contributed by atoms with E-state index in [4.69, 9.17) is 5.73 Å². The minimum atomic E-state index is -0.0981. The molecule has 15 heavy (non-hydrogen) atoms. The van der Waals surface area contributed by atoms with Crippen LogP contribution in [0.2, 0.25) is 0 Å². The van der Waals surface area contributed by atoms with Crippen molar-refractivity contribution in [2.24, 2.45) is 11.1 Å². The van der Waals surface area contributed by atoms with Gasteiger partial charge in [-0.2, -0.15) is 0 Å². The maximum Gasteiger partial charge on any atom is 0.175 e. The van der Waals surface area contributed by atoms with Gasteiger partial charge in [0.05, 0.1) is 4.88 Å². The molecular weight excluding hydrogens is 274 g/mol. The van der Waals surface area contributed by atoms with Crippen molar-refractivity contribution < 1.29 is 4.79 Å². The summed E-state index contributed by atoms with van der Waals surface area (Å²) in [6.45, 7) is 6.15. The molecule has 0 radical (unpaired) electrons. The Morgan fingerprint density at radius 3 is 2.60 bits per heavy atom. The number of hydrogen-bond donors (Lipinski definition) is 1. The highest BCUT2D eigenvalue weighted by atomic mass is 79.9. The fourth-order valence-electron chi connectivity index (χ4n) is 1.09. The van der Waals surface area contributed by atoms with Crippen LogP contribution in [0.25, 0.3) is 0 Å². The predicted octanol–water partition coefficient (Wildman–Crippen LogP) is 3.46. The number of halogens is 1. The summed E-state index contributed by atoms with van der Waals surface area (Å²) in [6, 6.07) is 1.79. The van der Waals surface area contributed by atoms with E-state index in [2.05, 4.69) is 36.7 Å². The zero-order valence-electron chi connectivity index (χ0n) is 9.21. The van der Waals surface area contributed by atoms with Crippen LogP contribution in [0.1, 0.15) is 36.9 Å². The first-order chi connectivity index (χ1) is 6.82. The lowest BCUT2D eigenvalue weighted by atomic mass is 9.84. The molecule has 1 aromatic rings. The standard InChI is InChI=1S/C11H16BrNOS/c1-11(2,3)9(13)6-8(14)10-7(12)4-5-15-10/h4-5,9H,6,13H2,1-3H3. The molecule has 2 N–H and O–H groups in total. The first-order valence-electron chi connectivity index (χ1n) is 4.84. The van der Waals surface area contributed by atoms with Crippen molar-refractivity contribution in [1.29, 1.82) is 0 Å². The zero-order valence-corrected chi connectivity index (χ0v) is 11.6. The Morgan fingerprint density at radius 1 is 1.60 bits per heavy atom. The third-order valence-electron chi connectivity index (χ3n) is 2.39. The Hall–Kier alpha value is -0.190. The molecule has 1 atom stereocenters. The van der Waals surface area contributed by atoms with Gasteiger partial charge in [-0.25, -0.2) is 0 Å². The average Bonchev–Trinajstić information content (AvgIpc) is 2.49. The van der Waals surface area contributed by atoms with Crippen molar-refractivity contribution in [3.63, 3.8) is 0 Å². The lowest BCUT2D eigenvalue weighted by molar-refractivity contribution is 0.0956. The number of rotatable bonds is 3. The zero-order chi connectivity index (χ0) is 11.6. The van der Waals surface area contributed by atoms with Gasteiger partial charge in [0.1, 0.15) is 0 Å². The van der Waals surface area contributed by atoms with Crippen LogP contribution in [0.3, 0.4) is 0 Å². The molecule has 1 rings (SSSR count). The van der Waals surface area contributed by atoms with E-state index in [1.54, 1.807) is 0 Å². The van der Waals surface area contributed by atoms with Gasteiger partial charge in [-0.05, 0) is 32.8 Å². The van der Waals surface area contributed by atoms with Gasteiger partial charge in [0.2, 0.25) is 0 Å². The van der Waals surface area contributed by atoms with E-state index >= 15 is 0 Å². The molecule has 0 spiro atoms. The first-order valence-corrected chi connectivity index (χ1v) is 6.51. The lowest BCUT2D eigenvalue weighted by Gasteiger charge is -2.26. The van der Waals surface area contributed by atoms with Crippen LogP contribution in [0.5, 0.6) is 0 Å². The van der Waals surface area contributed by atoms with E-state index in [1.807, 2.05) is 11.4 Å². The Kier molecular flexibility index (Phi) is 4.09. The molecule has 0 saturated carbocycles. The third-order valence-corrected chi connectivity index (χ3v) is 4.27. The van der Waals surface area contributed by atoms with Gasteiger partial charge in [-0.3, -0.25) is 4.79 Å². The molecule has 1 aromatic heterocycles. The number of carbonyl (C=O) groups excluding carboxylic acids is 1. The van der Waals surface area contributed by atoms with Gasteiger partial charge >= 0.3 is 0 Å². The van der Waals surface area contributed by atoms with Gasteiger partial charge < -0.3 is 5.73 Å². The molecule has 0 aliphatic carbocycles. The van der Waals surface area contributed by atoms with Gasteiger partial charge in [-0.1, -0.05) is 20.8 Å². The van der Waals surface area contributed by atoms with Gasteiger partial charge in [-0.15, -0.1) is 11.3 Å². The van der Waals surface area contributed by atoms with Crippen LogP contribution in [0, 0.1) is 5.41 Å². The highest BCUT2D eigenvalue weighted by molar-refractivity contribution is 9.10. The van der Waals surface area contributed by atoms with E-state index in [9.17, 15) is 4.79 Å². The second-order valence-corrected chi connectivity index (χ2v) is 6.47. The fourth-order valence-corrected chi connectivity index (χ4v) is 2.64.